The summed E-state index contributed by atoms with van der Waals surface area (Å²) in [4.78, 5) is 21.8. The fourth-order valence-electron chi connectivity index (χ4n) is 5.19. The number of esters is 1. The minimum Gasteiger partial charge on any atom is -0.473 e. The second-order valence-electron chi connectivity index (χ2n) is 10.6. The van der Waals surface area contributed by atoms with E-state index in [1.807, 2.05) is 45.5 Å². The maximum Gasteiger partial charge on any atom is 0.337 e. The van der Waals surface area contributed by atoms with Gasteiger partial charge in [-0.15, -0.1) is 10.2 Å². The molecule has 0 bridgehead atoms. The van der Waals surface area contributed by atoms with Crippen LogP contribution >= 0.6 is 23.2 Å². The molecule has 12 heteroatoms. The number of nitrogens with zero attached hydrogens (tertiary/aromatic N) is 6. The van der Waals surface area contributed by atoms with Crippen LogP contribution in [0.2, 0.25) is 10.0 Å². The van der Waals surface area contributed by atoms with E-state index in [9.17, 15) is 9.18 Å². The molecular formula is C34H29Cl2FN6O3. The first kappa shape index (κ1) is 31.2. The third-order valence-electron chi connectivity index (χ3n) is 7.49. The van der Waals surface area contributed by atoms with Crippen LogP contribution in [0, 0.1) is 5.82 Å². The molecule has 0 atom stereocenters. The van der Waals surface area contributed by atoms with Crippen molar-refractivity contribution in [3.8, 4) is 17.1 Å². The number of methoxy groups -OCH3 is 1. The lowest BCUT2D eigenvalue weighted by atomic mass is 10.1. The SMILES string of the molecule is CCCn1cnnc1Cn1c(Cc2ccc(-c3cccc(OCc4ccc(Cl)cc4F)n3)c(Cl)c2)nc2ccc(C(=O)OC)cc21. The van der Waals surface area contributed by atoms with Crippen molar-refractivity contribution in [2.45, 2.75) is 39.5 Å². The zero-order chi connectivity index (χ0) is 32.2. The molecule has 0 fully saturated rings. The van der Waals surface area contributed by atoms with Crippen molar-refractivity contribution in [2.24, 2.45) is 0 Å². The first-order chi connectivity index (χ1) is 22.3. The number of carbonyl (C=O) groups is 1. The van der Waals surface area contributed by atoms with E-state index >= 15 is 0 Å². The van der Waals surface area contributed by atoms with Gasteiger partial charge in [-0.3, -0.25) is 0 Å². The van der Waals surface area contributed by atoms with Gasteiger partial charge in [0.25, 0.3) is 0 Å². The van der Waals surface area contributed by atoms with Gasteiger partial charge in [0.05, 0.1) is 41.0 Å². The number of fused-ring (bicyclic) bond motifs is 1. The Morgan fingerprint density at radius 1 is 0.978 bits per heavy atom. The standard InChI is InChI=1S/C34H29Cl2FN6O3/c1-3-13-42-20-38-41-32(42)18-43-30-16-22(34(44)45-2)9-12-29(30)39-31(43)15-21-7-11-25(26(36)14-21)28-5-4-6-33(40-28)46-19-23-8-10-24(35)17-27(23)37/h4-12,14,16-17,20H,3,13,15,18-19H2,1-2H3. The number of pyridine rings is 1. The molecule has 3 aromatic carbocycles. The zero-order valence-corrected chi connectivity index (χ0v) is 26.6. The molecule has 0 aliphatic rings. The first-order valence-electron chi connectivity index (χ1n) is 14.6. The Bertz CT molecular complexity index is 2040. The summed E-state index contributed by atoms with van der Waals surface area (Å²) in [5.41, 5.74) is 4.59. The second kappa shape index (κ2) is 13.7. The van der Waals surface area contributed by atoms with Crippen LogP contribution in [-0.2, 0) is 30.9 Å². The number of ether oxygens (including phenoxy) is 2. The number of halogens is 3. The van der Waals surface area contributed by atoms with Gasteiger partial charge >= 0.3 is 5.97 Å². The number of imidazole rings is 1. The van der Waals surface area contributed by atoms with Crippen molar-refractivity contribution in [2.75, 3.05) is 7.11 Å². The summed E-state index contributed by atoms with van der Waals surface area (Å²) < 4.78 is 29.0. The van der Waals surface area contributed by atoms with Gasteiger partial charge in [-0.25, -0.2) is 19.2 Å². The smallest absolute Gasteiger partial charge is 0.337 e. The fraction of sp³-hybridized carbons (Fsp3) is 0.206. The monoisotopic (exact) mass is 658 g/mol. The van der Waals surface area contributed by atoms with Crippen LogP contribution in [0.1, 0.15) is 46.5 Å². The van der Waals surface area contributed by atoms with Crippen LogP contribution in [0.25, 0.3) is 22.3 Å². The molecule has 0 aliphatic heterocycles. The zero-order valence-electron chi connectivity index (χ0n) is 25.1. The number of carbonyl (C=O) groups excluding carboxylic acids is 1. The molecule has 0 unspecified atom stereocenters. The van der Waals surface area contributed by atoms with Crippen LogP contribution in [0.3, 0.4) is 0 Å². The maximum absolute atomic E-state index is 14.2. The van der Waals surface area contributed by atoms with Crippen molar-refractivity contribution < 1.29 is 18.7 Å². The third-order valence-corrected chi connectivity index (χ3v) is 8.04. The first-order valence-corrected chi connectivity index (χ1v) is 15.3. The summed E-state index contributed by atoms with van der Waals surface area (Å²) in [5.74, 6) is 1.03. The van der Waals surface area contributed by atoms with E-state index in [0.717, 1.165) is 46.8 Å². The molecule has 3 heterocycles. The highest BCUT2D eigenvalue weighted by atomic mass is 35.5. The topological polar surface area (TPSA) is 97.0 Å². The van der Waals surface area contributed by atoms with Gasteiger partial charge in [0.2, 0.25) is 5.88 Å². The Morgan fingerprint density at radius 3 is 2.63 bits per heavy atom. The number of rotatable bonds is 11. The fourth-order valence-corrected chi connectivity index (χ4v) is 5.65. The Hall–Kier alpha value is -4.80. The Balaban J connectivity index is 1.27. The van der Waals surface area contributed by atoms with E-state index in [4.69, 9.17) is 37.7 Å². The van der Waals surface area contributed by atoms with Crippen molar-refractivity contribution in [3.63, 3.8) is 0 Å². The summed E-state index contributed by atoms with van der Waals surface area (Å²) in [7, 11) is 1.36. The predicted molar refractivity (Wildman–Crippen MR) is 174 cm³/mol. The molecule has 0 saturated heterocycles. The van der Waals surface area contributed by atoms with E-state index in [-0.39, 0.29) is 6.61 Å². The van der Waals surface area contributed by atoms with Gasteiger partial charge in [-0.2, -0.15) is 0 Å². The van der Waals surface area contributed by atoms with E-state index < -0.39 is 11.8 Å². The van der Waals surface area contributed by atoms with Gasteiger partial charge in [0.15, 0.2) is 5.82 Å². The summed E-state index contributed by atoms with van der Waals surface area (Å²) in [6.45, 7) is 3.30. The van der Waals surface area contributed by atoms with Crippen LogP contribution in [0.15, 0.2) is 79.1 Å². The van der Waals surface area contributed by atoms with Gasteiger partial charge in [0.1, 0.15) is 24.6 Å². The largest absolute Gasteiger partial charge is 0.473 e. The number of aromatic nitrogens is 6. The predicted octanol–water partition coefficient (Wildman–Crippen LogP) is 7.55. The average Bonchev–Trinajstić information content (AvgIpc) is 3.64. The molecule has 0 amide bonds. The number of hydrogen-bond donors (Lipinski definition) is 0. The normalized spacial score (nSPS) is 11.2. The summed E-state index contributed by atoms with van der Waals surface area (Å²) in [6.07, 6.45) is 3.12. The number of aryl methyl sites for hydroxylation is 1. The van der Waals surface area contributed by atoms with E-state index in [1.54, 1.807) is 36.7 Å². The molecular weight excluding hydrogens is 630 g/mol. The summed E-state index contributed by atoms with van der Waals surface area (Å²) in [5, 5.41) is 9.29. The van der Waals surface area contributed by atoms with E-state index in [0.29, 0.717) is 45.7 Å². The minimum absolute atomic E-state index is 0.00298. The van der Waals surface area contributed by atoms with Gasteiger partial charge < -0.3 is 18.6 Å². The molecule has 46 heavy (non-hydrogen) atoms. The third kappa shape index (κ3) is 6.73. The Morgan fingerprint density at radius 2 is 1.85 bits per heavy atom. The Labute approximate surface area is 274 Å². The van der Waals surface area contributed by atoms with Crippen LogP contribution in [-0.4, -0.2) is 42.4 Å². The highest BCUT2D eigenvalue weighted by molar-refractivity contribution is 6.33. The van der Waals surface area contributed by atoms with Crippen LogP contribution in [0.5, 0.6) is 5.88 Å². The van der Waals surface area contributed by atoms with E-state index in [1.165, 1.54) is 13.2 Å². The Kier molecular flexibility index (Phi) is 9.28. The average molecular weight is 660 g/mol. The number of hydrogen-bond acceptors (Lipinski definition) is 7. The quantitative estimate of drug-likeness (QED) is 0.133. The molecule has 0 saturated carbocycles. The lowest BCUT2D eigenvalue weighted by Crippen LogP contribution is -2.12. The molecule has 0 spiro atoms. The van der Waals surface area contributed by atoms with Crippen molar-refractivity contribution in [1.29, 1.82) is 0 Å². The van der Waals surface area contributed by atoms with Gasteiger partial charge in [-0.05, 0) is 54.4 Å². The summed E-state index contributed by atoms with van der Waals surface area (Å²) in [6, 6.07) is 20.9. The molecule has 0 aliphatic carbocycles. The lowest BCUT2D eigenvalue weighted by molar-refractivity contribution is 0.0601. The molecule has 3 aromatic heterocycles. The second-order valence-corrected chi connectivity index (χ2v) is 11.5. The van der Waals surface area contributed by atoms with Crippen LogP contribution in [0.4, 0.5) is 4.39 Å². The highest BCUT2D eigenvalue weighted by Crippen LogP contribution is 2.30. The van der Waals surface area contributed by atoms with Crippen LogP contribution < -0.4 is 4.74 Å². The highest BCUT2D eigenvalue weighted by Gasteiger charge is 2.18. The molecule has 0 N–H and O–H groups in total. The number of benzene rings is 3. The van der Waals surface area contributed by atoms with Crippen molar-refractivity contribution in [1.82, 2.24) is 29.3 Å². The maximum atomic E-state index is 14.2. The lowest BCUT2D eigenvalue weighted by Gasteiger charge is -2.12. The minimum atomic E-state index is -0.442. The van der Waals surface area contributed by atoms with Gasteiger partial charge in [0, 0.05) is 35.2 Å². The molecule has 0 radical (unpaired) electrons. The molecule has 6 aromatic rings. The molecule has 234 valence electrons. The summed E-state index contributed by atoms with van der Waals surface area (Å²) >= 11 is 12.7. The molecule has 9 nitrogen and oxygen atoms in total. The van der Waals surface area contributed by atoms with E-state index in [2.05, 4.69) is 22.1 Å². The van der Waals surface area contributed by atoms with Crippen molar-refractivity contribution in [3.05, 3.63) is 123 Å². The van der Waals surface area contributed by atoms with Crippen molar-refractivity contribution >= 4 is 40.2 Å². The van der Waals surface area contributed by atoms with Gasteiger partial charge in [-0.1, -0.05) is 54.4 Å². The molecule has 6 rings (SSSR count).